The topological polar surface area (TPSA) is 102 Å². The number of nitro benzene ring substituents is 1. The average molecular weight is 431 g/mol. The van der Waals surface area contributed by atoms with Crippen LogP contribution in [-0.2, 0) is 0 Å². The van der Waals surface area contributed by atoms with Crippen LogP contribution in [-0.4, -0.2) is 39.0 Å². The summed E-state index contributed by atoms with van der Waals surface area (Å²) in [7, 11) is 0. The molecule has 2 heterocycles. The second-order valence-corrected chi connectivity index (χ2v) is 7.40. The van der Waals surface area contributed by atoms with Crippen molar-refractivity contribution in [2.75, 3.05) is 13.1 Å². The minimum Gasteiger partial charge on any atom is -0.420 e. The lowest BCUT2D eigenvalue weighted by atomic mass is 9.97. The summed E-state index contributed by atoms with van der Waals surface area (Å²) in [4.78, 5) is 25.2. The molecule has 0 bridgehead atoms. The molecule has 1 amide bonds. The molecule has 0 aliphatic carbocycles. The Labute approximate surface area is 175 Å². The van der Waals surface area contributed by atoms with Crippen LogP contribution in [0.15, 0.2) is 46.9 Å². The van der Waals surface area contributed by atoms with Gasteiger partial charge in [0.15, 0.2) is 0 Å². The molecule has 1 aliphatic heterocycles. The van der Waals surface area contributed by atoms with Gasteiger partial charge in [-0.1, -0.05) is 11.6 Å². The zero-order valence-corrected chi connectivity index (χ0v) is 16.4. The van der Waals surface area contributed by atoms with E-state index in [9.17, 15) is 19.3 Å². The molecule has 1 aromatic heterocycles. The second-order valence-electron chi connectivity index (χ2n) is 6.96. The molecule has 0 saturated carbocycles. The molecule has 1 unspecified atom stereocenters. The minimum absolute atomic E-state index is 0.0503. The molecule has 1 aliphatic rings. The number of likely N-dealkylation sites (tertiary alicyclic amines) is 1. The molecule has 1 saturated heterocycles. The van der Waals surface area contributed by atoms with E-state index in [-0.39, 0.29) is 40.4 Å². The molecule has 2 aromatic carbocycles. The van der Waals surface area contributed by atoms with Crippen LogP contribution >= 0.6 is 11.6 Å². The number of carbonyl (C=O) groups excluding carboxylic acids is 1. The van der Waals surface area contributed by atoms with Crippen LogP contribution in [0.2, 0.25) is 5.02 Å². The molecular weight excluding hydrogens is 415 g/mol. The monoisotopic (exact) mass is 430 g/mol. The van der Waals surface area contributed by atoms with Crippen LogP contribution < -0.4 is 0 Å². The van der Waals surface area contributed by atoms with E-state index in [0.29, 0.717) is 24.4 Å². The first-order valence-corrected chi connectivity index (χ1v) is 9.62. The van der Waals surface area contributed by atoms with Crippen molar-refractivity contribution in [1.29, 1.82) is 0 Å². The summed E-state index contributed by atoms with van der Waals surface area (Å²) in [5.41, 5.74) is 0.252. The summed E-state index contributed by atoms with van der Waals surface area (Å²) in [5, 5.41) is 19.7. The first-order valence-electron chi connectivity index (χ1n) is 9.25. The standard InChI is InChI=1S/C20H16ClFN4O4/c21-14-5-8-17(26(28)29)16(10-14)20(27)25-9-1-2-13(11-25)19-24-23-18(30-19)12-3-6-15(22)7-4-12/h3-8,10,13H,1-2,9,11H2. The molecular formula is C20H16ClFN4O4. The van der Waals surface area contributed by atoms with E-state index in [2.05, 4.69) is 10.2 Å². The van der Waals surface area contributed by atoms with E-state index in [0.717, 1.165) is 6.42 Å². The second kappa shape index (κ2) is 8.19. The summed E-state index contributed by atoms with van der Waals surface area (Å²) in [5.74, 6) is -0.406. The van der Waals surface area contributed by atoms with Gasteiger partial charge in [0.2, 0.25) is 11.8 Å². The number of hydrogen-bond acceptors (Lipinski definition) is 6. The van der Waals surface area contributed by atoms with Crippen molar-refractivity contribution in [1.82, 2.24) is 15.1 Å². The van der Waals surface area contributed by atoms with Gasteiger partial charge in [0.05, 0.1) is 10.8 Å². The fourth-order valence-electron chi connectivity index (χ4n) is 3.48. The van der Waals surface area contributed by atoms with Crippen LogP contribution in [0.5, 0.6) is 0 Å². The van der Waals surface area contributed by atoms with Crippen molar-refractivity contribution < 1.29 is 18.5 Å². The number of carbonyl (C=O) groups is 1. The van der Waals surface area contributed by atoms with Crippen molar-refractivity contribution in [3.8, 4) is 11.5 Å². The molecule has 0 spiro atoms. The zero-order chi connectivity index (χ0) is 21.3. The Kier molecular flexibility index (Phi) is 5.45. The normalized spacial score (nSPS) is 16.5. The highest BCUT2D eigenvalue weighted by molar-refractivity contribution is 6.31. The van der Waals surface area contributed by atoms with Crippen molar-refractivity contribution in [2.45, 2.75) is 18.8 Å². The summed E-state index contributed by atoms with van der Waals surface area (Å²) in [6.45, 7) is 0.742. The highest BCUT2D eigenvalue weighted by Crippen LogP contribution is 2.31. The minimum atomic E-state index is -0.599. The number of nitro groups is 1. The zero-order valence-electron chi connectivity index (χ0n) is 15.6. The number of amides is 1. The molecule has 10 heteroatoms. The number of hydrogen-bond donors (Lipinski definition) is 0. The Bertz CT molecular complexity index is 1100. The predicted octanol–water partition coefficient (Wildman–Crippen LogP) is 4.46. The van der Waals surface area contributed by atoms with Gasteiger partial charge in [-0.25, -0.2) is 4.39 Å². The average Bonchev–Trinajstić information content (AvgIpc) is 3.24. The van der Waals surface area contributed by atoms with E-state index < -0.39 is 10.8 Å². The summed E-state index contributed by atoms with van der Waals surface area (Å²) in [6, 6.07) is 9.61. The fourth-order valence-corrected chi connectivity index (χ4v) is 3.65. The van der Waals surface area contributed by atoms with Gasteiger partial charge < -0.3 is 9.32 Å². The van der Waals surface area contributed by atoms with Gasteiger partial charge in [-0.15, -0.1) is 10.2 Å². The lowest BCUT2D eigenvalue weighted by Crippen LogP contribution is -2.39. The van der Waals surface area contributed by atoms with Crippen molar-refractivity contribution in [2.24, 2.45) is 0 Å². The van der Waals surface area contributed by atoms with Gasteiger partial charge in [0, 0.05) is 29.7 Å². The number of rotatable bonds is 4. The van der Waals surface area contributed by atoms with Crippen molar-refractivity contribution in [3.05, 3.63) is 74.9 Å². The molecule has 4 rings (SSSR count). The number of aromatic nitrogens is 2. The van der Waals surface area contributed by atoms with Crippen LogP contribution in [0.3, 0.4) is 0 Å². The summed E-state index contributed by atoms with van der Waals surface area (Å²) < 4.78 is 18.9. The number of halogens is 2. The third-order valence-electron chi connectivity index (χ3n) is 4.98. The molecule has 154 valence electrons. The maximum Gasteiger partial charge on any atom is 0.282 e. The summed E-state index contributed by atoms with van der Waals surface area (Å²) >= 11 is 5.95. The number of piperidine rings is 1. The van der Waals surface area contributed by atoms with E-state index in [1.807, 2.05) is 0 Å². The van der Waals surface area contributed by atoms with Gasteiger partial charge in [-0.3, -0.25) is 14.9 Å². The van der Waals surface area contributed by atoms with Gasteiger partial charge in [0.25, 0.3) is 11.6 Å². The van der Waals surface area contributed by atoms with Crippen molar-refractivity contribution >= 4 is 23.2 Å². The molecule has 1 atom stereocenters. The Balaban J connectivity index is 1.54. The van der Waals surface area contributed by atoms with Crippen LogP contribution in [0.1, 0.15) is 35.0 Å². The van der Waals surface area contributed by atoms with Gasteiger partial charge in [-0.2, -0.15) is 0 Å². The first kappa shape index (κ1) is 20.0. The van der Waals surface area contributed by atoms with E-state index >= 15 is 0 Å². The third-order valence-corrected chi connectivity index (χ3v) is 5.21. The Morgan fingerprint density at radius 2 is 2.00 bits per heavy atom. The summed E-state index contributed by atoms with van der Waals surface area (Å²) in [6.07, 6.45) is 1.41. The number of benzene rings is 2. The molecule has 0 N–H and O–H groups in total. The van der Waals surface area contributed by atoms with Crippen LogP contribution in [0, 0.1) is 15.9 Å². The lowest BCUT2D eigenvalue weighted by molar-refractivity contribution is -0.385. The third kappa shape index (κ3) is 4.02. The molecule has 30 heavy (non-hydrogen) atoms. The fraction of sp³-hybridized carbons (Fsp3) is 0.250. The lowest BCUT2D eigenvalue weighted by Gasteiger charge is -2.31. The molecule has 3 aromatic rings. The highest BCUT2D eigenvalue weighted by atomic mass is 35.5. The van der Waals surface area contributed by atoms with Gasteiger partial charge in [-0.05, 0) is 49.2 Å². The van der Waals surface area contributed by atoms with Gasteiger partial charge in [0.1, 0.15) is 11.4 Å². The Morgan fingerprint density at radius 1 is 1.23 bits per heavy atom. The van der Waals surface area contributed by atoms with Crippen molar-refractivity contribution in [3.63, 3.8) is 0 Å². The molecule has 1 fully saturated rings. The quantitative estimate of drug-likeness (QED) is 0.447. The number of nitrogens with zero attached hydrogens (tertiary/aromatic N) is 4. The van der Waals surface area contributed by atoms with Gasteiger partial charge >= 0.3 is 0 Å². The molecule has 8 nitrogen and oxygen atoms in total. The van der Waals surface area contributed by atoms with E-state index in [1.54, 1.807) is 12.1 Å². The van der Waals surface area contributed by atoms with E-state index in [1.165, 1.54) is 35.2 Å². The maximum atomic E-state index is 13.1. The van der Waals surface area contributed by atoms with E-state index in [4.69, 9.17) is 16.0 Å². The van der Waals surface area contributed by atoms with Crippen LogP contribution in [0.25, 0.3) is 11.5 Å². The Morgan fingerprint density at radius 3 is 2.73 bits per heavy atom. The highest BCUT2D eigenvalue weighted by Gasteiger charge is 2.32. The van der Waals surface area contributed by atoms with Crippen LogP contribution in [0.4, 0.5) is 10.1 Å². The predicted molar refractivity (Wildman–Crippen MR) is 106 cm³/mol. The first-order chi connectivity index (χ1) is 14.4. The molecule has 0 radical (unpaired) electrons. The Hall–Kier alpha value is -3.33. The smallest absolute Gasteiger partial charge is 0.282 e. The SMILES string of the molecule is O=C(c1cc(Cl)ccc1[N+](=O)[O-])N1CCCC(c2nnc(-c3ccc(F)cc3)o2)C1. The maximum absolute atomic E-state index is 13.1. The largest absolute Gasteiger partial charge is 0.420 e.